The molecule has 0 N–H and O–H groups in total. The number of anilines is 1. The van der Waals surface area contributed by atoms with Gasteiger partial charge in [0.05, 0.1) is 0 Å². The van der Waals surface area contributed by atoms with Crippen molar-refractivity contribution in [3.63, 3.8) is 0 Å². The Bertz CT molecular complexity index is 1040. The first-order chi connectivity index (χ1) is 14.3. The molecule has 2 fully saturated rings. The Morgan fingerprint density at radius 1 is 0.966 bits per heavy atom. The minimum atomic E-state index is 0.642. The number of piperidine rings is 2. The largest absolute Gasteiger partial charge is 0.422 e. The molecule has 6 nitrogen and oxygen atoms in total. The van der Waals surface area contributed by atoms with Crippen LogP contribution in [0.5, 0.6) is 0 Å². The molecule has 0 bridgehead atoms. The lowest BCUT2D eigenvalue weighted by atomic mass is 10.0. The summed E-state index contributed by atoms with van der Waals surface area (Å²) >= 11 is 0. The van der Waals surface area contributed by atoms with E-state index in [2.05, 4.69) is 30.7 Å². The predicted octanol–water partition coefficient (Wildman–Crippen LogP) is 3.72. The molecule has 0 unspecified atom stereocenters. The summed E-state index contributed by atoms with van der Waals surface area (Å²) in [6.07, 6.45) is 17.2. The van der Waals surface area contributed by atoms with Crippen molar-refractivity contribution in [2.24, 2.45) is 0 Å². The Morgan fingerprint density at radius 2 is 1.76 bits per heavy atom. The second kappa shape index (κ2) is 7.84. The maximum absolute atomic E-state index is 6.08. The van der Waals surface area contributed by atoms with E-state index in [-0.39, 0.29) is 0 Å². The average Bonchev–Trinajstić information content (AvgIpc) is 3.23. The van der Waals surface area contributed by atoms with Gasteiger partial charge < -0.3 is 14.2 Å². The second-order valence-corrected chi connectivity index (χ2v) is 7.96. The van der Waals surface area contributed by atoms with Crippen molar-refractivity contribution in [2.45, 2.75) is 38.1 Å². The molecule has 0 aromatic carbocycles. The molecular weight excluding hydrogens is 362 g/mol. The number of rotatable bonds is 3. The van der Waals surface area contributed by atoms with E-state index in [0.717, 1.165) is 29.8 Å². The van der Waals surface area contributed by atoms with Crippen LogP contribution in [0.1, 0.15) is 37.7 Å². The van der Waals surface area contributed by atoms with Crippen molar-refractivity contribution in [1.29, 1.82) is 0 Å². The summed E-state index contributed by atoms with van der Waals surface area (Å²) in [5.74, 6) is 2.62. The van der Waals surface area contributed by atoms with Gasteiger partial charge in [0.1, 0.15) is 0 Å². The standard InChI is InChI=1S/C23H25N5O/c1-2-17-12-18(15-24-14-17)19-13-21-22(25-16-19)26-23(29-21)28-10-6-20(7-11-28)27-8-4-3-5-9-27/h1,12-16,20H,3-11H2. The SMILES string of the molecule is C#Cc1cncc(-c2cnc3nc(N4CCC(N5CCCCC5)CC4)oc3c2)c1. The van der Waals surface area contributed by atoms with Gasteiger partial charge in [-0.15, -0.1) is 6.42 Å². The van der Waals surface area contributed by atoms with E-state index in [0.29, 0.717) is 23.3 Å². The van der Waals surface area contributed by atoms with Gasteiger partial charge in [0.25, 0.3) is 6.01 Å². The summed E-state index contributed by atoms with van der Waals surface area (Å²) < 4.78 is 6.08. The number of fused-ring (bicyclic) bond motifs is 1. The molecule has 0 amide bonds. The number of likely N-dealkylation sites (tertiary alicyclic amines) is 1. The molecule has 5 rings (SSSR count). The average molecular weight is 387 g/mol. The number of hydrogen-bond acceptors (Lipinski definition) is 6. The number of aromatic nitrogens is 3. The summed E-state index contributed by atoms with van der Waals surface area (Å²) in [5, 5.41) is 0. The van der Waals surface area contributed by atoms with Crippen LogP contribution in [-0.4, -0.2) is 52.1 Å². The Labute approximate surface area is 171 Å². The van der Waals surface area contributed by atoms with Crippen LogP contribution in [0, 0.1) is 12.3 Å². The van der Waals surface area contributed by atoms with Crippen LogP contribution in [-0.2, 0) is 0 Å². The highest BCUT2D eigenvalue weighted by Crippen LogP contribution is 2.29. The number of pyridine rings is 2. The van der Waals surface area contributed by atoms with Crippen molar-refractivity contribution in [3.05, 3.63) is 36.3 Å². The second-order valence-electron chi connectivity index (χ2n) is 7.96. The molecule has 29 heavy (non-hydrogen) atoms. The van der Waals surface area contributed by atoms with Gasteiger partial charge in [-0.3, -0.25) is 4.98 Å². The lowest BCUT2D eigenvalue weighted by Crippen LogP contribution is -2.46. The highest BCUT2D eigenvalue weighted by molar-refractivity contribution is 5.77. The molecule has 0 aliphatic carbocycles. The summed E-state index contributed by atoms with van der Waals surface area (Å²) in [6, 6.07) is 5.28. The van der Waals surface area contributed by atoms with E-state index in [1.807, 2.05) is 12.1 Å². The zero-order valence-corrected chi connectivity index (χ0v) is 16.5. The number of terminal acetylenes is 1. The highest BCUT2D eigenvalue weighted by atomic mass is 16.4. The zero-order chi connectivity index (χ0) is 19.6. The van der Waals surface area contributed by atoms with Gasteiger partial charge in [-0.1, -0.05) is 12.3 Å². The van der Waals surface area contributed by atoms with E-state index in [4.69, 9.17) is 10.8 Å². The summed E-state index contributed by atoms with van der Waals surface area (Å²) in [7, 11) is 0. The lowest BCUT2D eigenvalue weighted by Gasteiger charge is -2.39. The van der Waals surface area contributed by atoms with Crippen LogP contribution < -0.4 is 4.90 Å². The van der Waals surface area contributed by atoms with E-state index in [9.17, 15) is 0 Å². The molecule has 2 aliphatic rings. The van der Waals surface area contributed by atoms with E-state index < -0.39 is 0 Å². The van der Waals surface area contributed by atoms with Gasteiger partial charge >= 0.3 is 0 Å². The van der Waals surface area contributed by atoms with Crippen molar-refractivity contribution in [1.82, 2.24) is 19.9 Å². The molecule has 2 aliphatic heterocycles. The van der Waals surface area contributed by atoms with E-state index in [1.54, 1.807) is 18.6 Å². The van der Waals surface area contributed by atoms with Gasteiger partial charge in [-0.2, -0.15) is 4.98 Å². The summed E-state index contributed by atoms with van der Waals surface area (Å²) in [6.45, 7) is 4.48. The fraction of sp³-hybridized carbons (Fsp3) is 0.435. The van der Waals surface area contributed by atoms with Crippen molar-refractivity contribution >= 4 is 17.2 Å². The van der Waals surface area contributed by atoms with E-state index in [1.165, 1.54) is 45.2 Å². The van der Waals surface area contributed by atoms with Gasteiger partial charge in [-0.05, 0) is 50.9 Å². The lowest BCUT2D eigenvalue weighted by molar-refractivity contribution is 0.140. The Hall–Kier alpha value is -2.91. The molecule has 6 heteroatoms. The Kier molecular flexibility index (Phi) is 4.91. The Morgan fingerprint density at radius 3 is 2.55 bits per heavy atom. The van der Waals surface area contributed by atoms with Crippen LogP contribution >= 0.6 is 0 Å². The van der Waals surface area contributed by atoms with Crippen LogP contribution in [0.15, 0.2) is 35.1 Å². The maximum atomic E-state index is 6.08. The molecule has 0 radical (unpaired) electrons. The Balaban J connectivity index is 1.32. The zero-order valence-electron chi connectivity index (χ0n) is 16.5. The van der Waals surface area contributed by atoms with Crippen molar-refractivity contribution in [2.75, 3.05) is 31.1 Å². The van der Waals surface area contributed by atoms with Crippen LogP contribution in [0.4, 0.5) is 6.01 Å². The molecule has 2 saturated heterocycles. The molecule has 0 atom stereocenters. The van der Waals surface area contributed by atoms with Gasteiger partial charge in [0.15, 0.2) is 5.58 Å². The molecule has 0 spiro atoms. The number of hydrogen-bond donors (Lipinski definition) is 0. The quantitative estimate of drug-likeness (QED) is 0.639. The molecule has 0 saturated carbocycles. The molecule has 3 aromatic heterocycles. The minimum absolute atomic E-state index is 0.642. The molecule has 148 valence electrons. The third kappa shape index (κ3) is 3.70. The maximum Gasteiger partial charge on any atom is 0.299 e. The smallest absolute Gasteiger partial charge is 0.299 e. The summed E-state index contributed by atoms with van der Waals surface area (Å²) in [4.78, 5) is 18.3. The normalized spacial score (nSPS) is 18.8. The topological polar surface area (TPSA) is 58.3 Å². The number of oxazole rings is 1. The number of nitrogens with zero attached hydrogens (tertiary/aromatic N) is 5. The third-order valence-electron chi connectivity index (χ3n) is 6.12. The van der Waals surface area contributed by atoms with Gasteiger partial charge in [0.2, 0.25) is 5.65 Å². The third-order valence-corrected chi connectivity index (χ3v) is 6.12. The molecule has 5 heterocycles. The van der Waals surface area contributed by atoms with E-state index >= 15 is 0 Å². The fourth-order valence-corrected chi connectivity index (χ4v) is 4.48. The predicted molar refractivity (Wildman–Crippen MR) is 114 cm³/mol. The van der Waals surface area contributed by atoms with Gasteiger partial charge in [0, 0.05) is 54.4 Å². The monoisotopic (exact) mass is 387 g/mol. The van der Waals surface area contributed by atoms with Crippen LogP contribution in [0.2, 0.25) is 0 Å². The highest BCUT2D eigenvalue weighted by Gasteiger charge is 2.27. The molecule has 3 aromatic rings. The first kappa shape index (κ1) is 18.1. The van der Waals surface area contributed by atoms with Crippen LogP contribution in [0.3, 0.4) is 0 Å². The van der Waals surface area contributed by atoms with Crippen molar-refractivity contribution < 1.29 is 4.42 Å². The van der Waals surface area contributed by atoms with Crippen LogP contribution in [0.25, 0.3) is 22.4 Å². The van der Waals surface area contributed by atoms with Gasteiger partial charge in [-0.25, -0.2) is 4.98 Å². The fourth-order valence-electron chi connectivity index (χ4n) is 4.48. The first-order valence-electron chi connectivity index (χ1n) is 10.5. The minimum Gasteiger partial charge on any atom is -0.422 e. The first-order valence-corrected chi connectivity index (χ1v) is 10.5. The van der Waals surface area contributed by atoms with Crippen molar-refractivity contribution in [3.8, 4) is 23.5 Å². The molecular formula is C23H25N5O. The summed E-state index contributed by atoms with van der Waals surface area (Å²) in [5.41, 5.74) is 3.94.